The SMILES string of the molecule is C[C-](C)c1ccccc1.Cl.[CH3-].[Mg+2]. The van der Waals surface area contributed by atoms with E-state index in [0.29, 0.717) is 0 Å². The molecule has 0 aliphatic rings. The van der Waals surface area contributed by atoms with Crippen LogP contribution in [0.4, 0.5) is 0 Å². The van der Waals surface area contributed by atoms with Crippen LogP contribution in [-0.2, 0) is 0 Å². The maximum atomic E-state index is 2.12. The minimum absolute atomic E-state index is 0. The van der Waals surface area contributed by atoms with Crippen molar-refractivity contribution in [3.8, 4) is 0 Å². The fourth-order valence-corrected chi connectivity index (χ4v) is 0.771. The molecule has 0 saturated heterocycles. The standard InChI is InChI=1S/C9H11.CH3.ClH.Mg/c1-8(2)9-6-4-3-5-7-9;;;/h3-7H,1-2H3;1H3;1H;/q2*-1;;+2. The normalized spacial score (nSPS) is 6.83. The topological polar surface area (TPSA) is 0 Å². The quantitative estimate of drug-likeness (QED) is 0.476. The average molecular weight is 195 g/mol. The predicted octanol–water partition coefficient (Wildman–Crippen LogP) is 3.14. The van der Waals surface area contributed by atoms with Gasteiger partial charge in [0.2, 0.25) is 0 Å². The zero-order chi connectivity index (χ0) is 6.69. The van der Waals surface area contributed by atoms with Crippen LogP contribution in [0.2, 0.25) is 0 Å². The fourth-order valence-electron chi connectivity index (χ4n) is 0.771. The number of halogens is 1. The Balaban J connectivity index is -0.000000270. The van der Waals surface area contributed by atoms with Crippen molar-refractivity contribution in [3.05, 3.63) is 49.2 Å². The molecule has 0 bridgehead atoms. The third-order valence-corrected chi connectivity index (χ3v) is 1.35. The first kappa shape index (κ1) is 18.0. The van der Waals surface area contributed by atoms with Gasteiger partial charge in [-0.05, 0) is 0 Å². The minimum Gasteiger partial charge on any atom is -0.358 e. The van der Waals surface area contributed by atoms with Crippen molar-refractivity contribution in [2.75, 3.05) is 0 Å². The molecule has 1 aromatic carbocycles. The molecule has 0 unspecified atom stereocenters. The Morgan fingerprint density at radius 2 is 1.42 bits per heavy atom. The van der Waals surface area contributed by atoms with Crippen molar-refractivity contribution < 1.29 is 0 Å². The molecule has 1 aromatic rings. The Hall–Kier alpha value is 0.146. The Labute approximate surface area is 98.3 Å². The molecule has 0 radical (unpaired) electrons. The molecule has 0 atom stereocenters. The van der Waals surface area contributed by atoms with E-state index < -0.39 is 0 Å². The molecule has 0 amide bonds. The van der Waals surface area contributed by atoms with Gasteiger partial charge in [0, 0.05) is 0 Å². The summed E-state index contributed by atoms with van der Waals surface area (Å²) in [6.45, 7) is 4.24. The molecule has 0 aromatic heterocycles. The van der Waals surface area contributed by atoms with Gasteiger partial charge in [-0.25, -0.2) is 0 Å². The summed E-state index contributed by atoms with van der Waals surface area (Å²) < 4.78 is 0. The molecule has 0 nitrogen and oxygen atoms in total. The third kappa shape index (κ3) is 5.75. The summed E-state index contributed by atoms with van der Waals surface area (Å²) in [4.78, 5) is 0. The molecule has 2 heteroatoms. The second-order valence-corrected chi connectivity index (χ2v) is 2.37. The maximum Gasteiger partial charge on any atom is 2.00 e. The second-order valence-electron chi connectivity index (χ2n) is 2.37. The smallest absolute Gasteiger partial charge is 0.358 e. The van der Waals surface area contributed by atoms with Gasteiger partial charge in [-0.3, -0.25) is 0 Å². The molecule has 0 heterocycles. The van der Waals surface area contributed by atoms with Gasteiger partial charge in [0.15, 0.2) is 0 Å². The molecule has 0 saturated carbocycles. The van der Waals surface area contributed by atoms with Crippen LogP contribution in [0, 0.1) is 13.3 Å². The summed E-state index contributed by atoms with van der Waals surface area (Å²) in [7, 11) is 0. The molecule has 1 rings (SSSR count). The van der Waals surface area contributed by atoms with E-state index in [4.69, 9.17) is 0 Å². The van der Waals surface area contributed by atoms with Crippen LogP contribution < -0.4 is 0 Å². The van der Waals surface area contributed by atoms with E-state index in [1.54, 1.807) is 0 Å². The Bertz CT molecular complexity index is 172. The van der Waals surface area contributed by atoms with Crippen molar-refractivity contribution in [1.82, 2.24) is 0 Å². The summed E-state index contributed by atoms with van der Waals surface area (Å²) in [5.74, 6) is 1.37. The van der Waals surface area contributed by atoms with E-state index in [-0.39, 0.29) is 42.9 Å². The average Bonchev–Trinajstić information content (AvgIpc) is 1.90. The molecule has 0 spiro atoms. The third-order valence-electron chi connectivity index (χ3n) is 1.35. The van der Waals surface area contributed by atoms with Crippen LogP contribution in [0.25, 0.3) is 0 Å². The van der Waals surface area contributed by atoms with E-state index in [9.17, 15) is 0 Å². The number of hydrogen-bond acceptors (Lipinski definition) is 0. The summed E-state index contributed by atoms with van der Waals surface area (Å²) in [5, 5.41) is 0. The van der Waals surface area contributed by atoms with E-state index in [2.05, 4.69) is 38.1 Å². The van der Waals surface area contributed by atoms with Crippen LogP contribution in [0.5, 0.6) is 0 Å². The van der Waals surface area contributed by atoms with Crippen LogP contribution in [0.1, 0.15) is 19.4 Å². The van der Waals surface area contributed by atoms with Gasteiger partial charge in [0.05, 0.1) is 0 Å². The largest absolute Gasteiger partial charge is 2.00 e. The fraction of sp³-hybridized carbons (Fsp3) is 0.200. The summed E-state index contributed by atoms with van der Waals surface area (Å²) >= 11 is 0. The van der Waals surface area contributed by atoms with Gasteiger partial charge >= 0.3 is 23.1 Å². The zero-order valence-corrected chi connectivity index (χ0v) is 10.2. The van der Waals surface area contributed by atoms with Crippen LogP contribution in [0.15, 0.2) is 30.3 Å². The minimum atomic E-state index is 0. The van der Waals surface area contributed by atoms with Gasteiger partial charge < -0.3 is 7.43 Å². The maximum absolute atomic E-state index is 2.12. The van der Waals surface area contributed by atoms with Crippen molar-refractivity contribution in [1.29, 1.82) is 0 Å². The number of hydrogen-bond donors (Lipinski definition) is 0. The van der Waals surface area contributed by atoms with Gasteiger partial charge in [-0.15, -0.1) is 24.5 Å². The van der Waals surface area contributed by atoms with E-state index in [1.165, 1.54) is 11.5 Å². The predicted molar refractivity (Wildman–Crippen MR) is 59.6 cm³/mol. The first-order valence-corrected chi connectivity index (χ1v) is 3.16. The van der Waals surface area contributed by atoms with Crippen LogP contribution in [-0.4, -0.2) is 23.1 Å². The number of benzene rings is 1. The van der Waals surface area contributed by atoms with Gasteiger partial charge in [0.1, 0.15) is 0 Å². The Morgan fingerprint density at radius 1 is 1.00 bits per heavy atom. The molecule has 0 N–H and O–H groups in total. The molecule has 0 aliphatic heterocycles. The van der Waals surface area contributed by atoms with E-state index in [1.807, 2.05) is 6.07 Å². The summed E-state index contributed by atoms with van der Waals surface area (Å²) in [6.07, 6.45) is 0. The summed E-state index contributed by atoms with van der Waals surface area (Å²) in [6, 6.07) is 10.4. The molecule has 0 aliphatic carbocycles. The first-order valence-electron chi connectivity index (χ1n) is 3.16. The number of rotatable bonds is 1. The van der Waals surface area contributed by atoms with Crippen LogP contribution >= 0.6 is 12.4 Å². The Kier molecular flexibility index (Phi) is 13.9. The molecular formula is C10H15ClMg. The first-order chi connectivity index (χ1) is 4.30. The zero-order valence-electron chi connectivity index (χ0n) is 8.00. The van der Waals surface area contributed by atoms with Gasteiger partial charge in [-0.2, -0.15) is 23.6 Å². The second kappa shape index (κ2) is 9.24. The molecule has 12 heavy (non-hydrogen) atoms. The van der Waals surface area contributed by atoms with Gasteiger partial charge in [0.25, 0.3) is 0 Å². The van der Waals surface area contributed by atoms with Crippen molar-refractivity contribution in [2.24, 2.45) is 0 Å². The van der Waals surface area contributed by atoms with Gasteiger partial charge in [-0.1, -0.05) is 19.9 Å². The van der Waals surface area contributed by atoms with Crippen molar-refractivity contribution in [3.63, 3.8) is 0 Å². The van der Waals surface area contributed by atoms with E-state index >= 15 is 0 Å². The van der Waals surface area contributed by atoms with Crippen molar-refractivity contribution >= 4 is 35.5 Å². The summed E-state index contributed by atoms with van der Waals surface area (Å²) in [5.41, 5.74) is 1.33. The molecule has 64 valence electrons. The van der Waals surface area contributed by atoms with E-state index in [0.717, 1.165) is 0 Å². The monoisotopic (exact) mass is 194 g/mol. The molecular weight excluding hydrogens is 180 g/mol. The van der Waals surface area contributed by atoms with Crippen molar-refractivity contribution in [2.45, 2.75) is 13.8 Å². The Morgan fingerprint density at radius 3 is 1.67 bits per heavy atom. The molecule has 0 fully saturated rings. The van der Waals surface area contributed by atoms with Crippen LogP contribution in [0.3, 0.4) is 0 Å².